The van der Waals surface area contributed by atoms with Crippen LogP contribution in [0.15, 0.2) is 261 Å². The van der Waals surface area contributed by atoms with Gasteiger partial charge in [0.2, 0.25) is 0 Å². The van der Waals surface area contributed by atoms with Crippen LogP contribution in [0.5, 0.6) is 0 Å². The smallest absolute Gasteiger partial charge is 0.0618 e. The molecule has 0 atom stereocenters. The van der Waals surface area contributed by atoms with E-state index in [1.54, 1.807) is 0 Å². The molecule has 0 saturated heterocycles. The van der Waals surface area contributed by atoms with Crippen molar-refractivity contribution in [2.24, 2.45) is 0 Å². The third-order valence-electron chi connectivity index (χ3n) is 14.0. The van der Waals surface area contributed by atoms with Crippen molar-refractivity contribution in [3.05, 3.63) is 272 Å². The molecule has 0 aliphatic rings. The Morgan fingerprint density at radius 3 is 1.17 bits per heavy atom. The van der Waals surface area contributed by atoms with Crippen molar-refractivity contribution >= 4 is 93.8 Å². The third kappa shape index (κ3) is 7.12. The van der Waals surface area contributed by atoms with E-state index >= 15 is 0 Å². The lowest BCUT2D eigenvalue weighted by atomic mass is 9.84. The zero-order valence-electron chi connectivity index (χ0n) is 37.9. The van der Waals surface area contributed by atoms with E-state index in [2.05, 4.69) is 278 Å². The number of para-hydroxylation sites is 1. The van der Waals surface area contributed by atoms with E-state index in [4.69, 9.17) is 0 Å². The van der Waals surface area contributed by atoms with E-state index in [0.29, 0.717) is 0 Å². The minimum Gasteiger partial charge on any atom is -0.309 e. The summed E-state index contributed by atoms with van der Waals surface area (Å²) in [4.78, 5) is 2.50. The first-order valence-electron chi connectivity index (χ1n) is 23.8. The lowest BCUT2D eigenvalue weighted by Crippen LogP contribution is -2.11. The maximum atomic E-state index is 2.50. The molecule has 69 heavy (non-hydrogen) atoms. The fourth-order valence-electron chi connectivity index (χ4n) is 10.8. The summed E-state index contributed by atoms with van der Waals surface area (Å²) in [6, 6.07) is 95.8. The van der Waals surface area contributed by atoms with Crippen LogP contribution in [0.2, 0.25) is 0 Å². The van der Waals surface area contributed by atoms with Crippen molar-refractivity contribution in [1.29, 1.82) is 0 Å². The first-order chi connectivity index (χ1) is 34.2. The van der Waals surface area contributed by atoms with E-state index in [1.165, 1.54) is 109 Å². The van der Waals surface area contributed by atoms with Gasteiger partial charge >= 0.3 is 0 Å². The molecule has 1 heteroatoms. The zero-order valence-corrected chi connectivity index (χ0v) is 37.9. The summed E-state index contributed by atoms with van der Waals surface area (Å²) >= 11 is 0. The van der Waals surface area contributed by atoms with Crippen molar-refractivity contribution in [3.8, 4) is 33.4 Å². The largest absolute Gasteiger partial charge is 0.309 e. The van der Waals surface area contributed by atoms with Crippen molar-refractivity contribution in [1.82, 2.24) is 0 Å². The highest BCUT2D eigenvalue weighted by Crippen LogP contribution is 2.51. The van der Waals surface area contributed by atoms with Crippen LogP contribution >= 0.6 is 0 Å². The summed E-state index contributed by atoms with van der Waals surface area (Å²) in [5, 5.41) is 14.6. The van der Waals surface area contributed by atoms with Gasteiger partial charge in [-0.15, -0.1) is 0 Å². The predicted octanol–water partition coefficient (Wildman–Crippen LogP) is 19.2. The predicted molar refractivity (Wildman–Crippen MR) is 298 cm³/mol. The Bertz CT molecular complexity index is 4050. The lowest BCUT2D eigenvalue weighted by Gasteiger charge is -2.30. The molecule has 13 rings (SSSR count). The van der Waals surface area contributed by atoms with Crippen LogP contribution in [0.1, 0.15) is 11.1 Å². The van der Waals surface area contributed by atoms with E-state index < -0.39 is 0 Å². The second-order valence-electron chi connectivity index (χ2n) is 18.0. The van der Waals surface area contributed by atoms with E-state index in [1.807, 2.05) is 0 Å². The summed E-state index contributed by atoms with van der Waals surface area (Å²) in [7, 11) is 0. The quantitative estimate of drug-likeness (QED) is 0.109. The van der Waals surface area contributed by atoms with Gasteiger partial charge in [-0.2, -0.15) is 0 Å². The molecule has 0 radical (unpaired) electrons. The van der Waals surface area contributed by atoms with Crippen molar-refractivity contribution in [3.63, 3.8) is 0 Å². The topological polar surface area (TPSA) is 3.24 Å². The molecular weight excluding hydrogens is 831 g/mol. The van der Waals surface area contributed by atoms with Gasteiger partial charge in [0.1, 0.15) is 0 Å². The third-order valence-corrected chi connectivity index (χ3v) is 14.0. The maximum Gasteiger partial charge on any atom is 0.0618 e. The summed E-state index contributed by atoms with van der Waals surface area (Å²) < 4.78 is 0. The molecule has 0 aromatic heterocycles. The molecular formula is C68H45N. The number of anilines is 3. The van der Waals surface area contributed by atoms with Crippen LogP contribution in [-0.4, -0.2) is 0 Å². The Morgan fingerprint density at radius 2 is 0.623 bits per heavy atom. The molecule has 0 aliphatic carbocycles. The van der Waals surface area contributed by atoms with E-state index in [-0.39, 0.29) is 0 Å². The average Bonchev–Trinajstić information content (AvgIpc) is 3.42. The summed E-state index contributed by atoms with van der Waals surface area (Å²) in [6.07, 6.45) is 4.37. The molecule has 1 nitrogen and oxygen atoms in total. The van der Waals surface area contributed by atoms with Gasteiger partial charge in [-0.3, -0.25) is 0 Å². The minimum atomic E-state index is 1.09. The molecule has 0 fully saturated rings. The van der Waals surface area contributed by atoms with Crippen LogP contribution in [0.4, 0.5) is 17.1 Å². The van der Waals surface area contributed by atoms with E-state index in [0.717, 1.165) is 17.1 Å². The Labute approximate surface area is 402 Å². The standard InChI is InChI=1S/C68H45N/c1-3-17-46(18-4-1)31-32-47-33-35-50(36-34-47)65-59-27-13-15-29-62(59)68(63-30-16-14-28-60(63)65)69(55-23-5-2-6-24-55)56-41-42-61-64(45-56)67(54-40-38-49-20-8-10-22-52(49)44-54)58-26-12-11-25-57(58)66(61)53-39-37-48-19-7-9-21-51(48)43-53/h1-45H/b32-31+. The molecule has 0 N–H and O–H groups in total. The second-order valence-corrected chi connectivity index (χ2v) is 18.0. The van der Waals surface area contributed by atoms with Crippen molar-refractivity contribution < 1.29 is 0 Å². The van der Waals surface area contributed by atoms with Crippen molar-refractivity contribution in [2.45, 2.75) is 0 Å². The summed E-state index contributed by atoms with van der Waals surface area (Å²) in [5.74, 6) is 0. The molecule has 0 bridgehead atoms. The number of benzene rings is 13. The Balaban J connectivity index is 1.08. The molecule has 0 aliphatic heterocycles. The Hall–Kier alpha value is -9.04. The van der Waals surface area contributed by atoms with Crippen LogP contribution < -0.4 is 4.90 Å². The molecule has 0 saturated carbocycles. The van der Waals surface area contributed by atoms with Gasteiger partial charge in [0, 0.05) is 22.1 Å². The highest BCUT2D eigenvalue weighted by molar-refractivity contribution is 6.25. The highest BCUT2D eigenvalue weighted by Gasteiger charge is 2.24. The monoisotopic (exact) mass is 875 g/mol. The van der Waals surface area contributed by atoms with Gasteiger partial charge in [0.05, 0.1) is 5.69 Å². The molecule has 13 aromatic rings. The fraction of sp³-hybridized carbons (Fsp3) is 0. The summed E-state index contributed by atoms with van der Waals surface area (Å²) in [6.45, 7) is 0. The van der Waals surface area contributed by atoms with Crippen LogP contribution in [0.3, 0.4) is 0 Å². The van der Waals surface area contributed by atoms with Gasteiger partial charge in [-0.25, -0.2) is 0 Å². The molecule has 0 unspecified atom stereocenters. The molecule has 0 heterocycles. The first kappa shape index (κ1) is 40.3. The van der Waals surface area contributed by atoms with Gasteiger partial charge < -0.3 is 4.90 Å². The fourth-order valence-corrected chi connectivity index (χ4v) is 10.8. The minimum absolute atomic E-state index is 1.09. The van der Waals surface area contributed by atoms with Crippen molar-refractivity contribution in [2.75, 3.05) is 4.90 Å². The van der Waals surface area contributed by atoms with Gasteiger partial charge in [0.15, 0.2) is 0 Å². The lowest BCUT2D eigenvalue weighted by molar-refractivity contribution is 1.32. The normalized spacial score (nSPS) is 11.7. The zero-order chi connectivity index (χ0) is 45.7. The SMILES string of the molecule is C(=C\c1ccc(-c2c3ccccc3c(N(c3ccccc3)c3ccc4c(-c5ccc6ccccc6c5)c5ccccc5c(-c5ccc6ccccc6c5)c4c3)c3ccccc23)cc1)/c1ccccc1. The van der Waals surface area contributed by atoms with E-state index in [9.17, 15) is 0 Å². The highest BCUT2D eigenvalue weighted by atomic mass is 15.1. The second kappa shape index (κ2) is 17.0. The number of hydrogen-bond donors (Lipinski definition) is 0. The maximum absolute atomic E-state index is 2.50. The molecule has 13 aromatic carbocycles. The van der Waals surface area contributed by atoms with Crippen LogP contribution in [0.25, 0.3) is 110 Å². The Kier molecular flexibility index (Phi) is 9.91. The molecule has 0 spiro atoms. The average molecular weight is 876 g/mol. The summed E-state index contributed by atoms with van der Waals surface area (Å²) in [5.41, 5.74) is 13.0. The van der Waals surface area contributed by atoms with Gasteiger partial charge in [-0.05, 0) is 135 Å². The Morgan fingerprint density at radius 1 is 0.232 bits per heavy atom. The van der Waals surface area contributed by atoms with Crippen LogP contribution in [0, 0.1) is 0 Å². The number of hydrogen-bond acceptors (Lipinski definition) is 1. The molecule has 0 amide bonds. The van der Waals surface area contributed by atoms with Crippen LogP contribution in [-0.2, 0) is 0 Å². The number of rotatable bonds is 8. The number of nitrogens with zero attached hydrogens (tertiary/aromatic N) is 1. The van der Waals surface area contributed by atoms with Gasteiger partial charge in [-0.1, -0.05) is 237 Å². The molecule has 322 valence electrons. The van der Waals surface area contributed by atoms with Gasteiger partial charge in [0.25, 0.3) is 0 Å². The number of fused-ring (bicyclic) bond motifs is 6. The first-order valence-corrected chi connectivity index (χ1v) is 23.8.